The summed E-state index contributed by atoms with van der Waals surface area (Å²) in [7, 11) is 0. The zero-order valence-corrected chi connectivity index (χ0v) is 19.1. The highest BCUT2D eigenvalue weighted by molar-refractivity contribution is 5.85. The Hall–Kier alpha value is -3.67. The SMILES string of the molecule is CC1C[C@H](NC(=O)C2CC2)C(c2ccccc2)N1c1ccc2c(cnn2-c2ccc(F)cc2)c1. The van der Waals surface area contributed by atoms with E-state index in [0.29, 0.717) is 0 Å². The van der Waals surface area contributed by atoms with E-state index in [9.17, 15) is 9.18 Å². The standard InChI is InChI=1S/C28H27FN4O/c1-18-15-25(31-28(34)20-7-8-20)27(19-5-3-2-4-6-19)32(18)24-13-14-26-21(16-24)17-30-33(26)23-11-9-22(29)10-12-23/h2-6,9-14,16-18,20,25,27H,7-8,15H2,1H3,(H,31,34)/t18?,25-,27?/m0/s1. The van der Waals surface area contributed by atoms with Gasteiger partial charge in [-0.05, 0) is 74.2 Å². The average Bonchev–Trinajstić information content (AvgIpc) is 3.55. The molecule has 2 unspecified atom stereocenters. The second-order valence-corrected chi connectivity index (χ2v) is 9.51. The second-order valence-electron chi connectivity index (χ2n) is 9.51. The van der Waals surface area contributed by atoms with Gasteiger partial charge in [0.05, 0.1) is 29.5 Å². The van der Waals surface area contributed by atoms with Crippen molar-refractivity contribution in [2.45, 2.75) is 44.3 Å². The van der Waals surface area contributed by atoms with Crippen LogP contribution in [0.3, 0.4) is 0 Å². The first kappa shape index (κ1) is 20.9. The molecule has 3 atom stereocenters. The van der Waals surface area contributed by atoms with Gasteiger partial charge in [-0.2, -0.15) is 5.10 Å². The normalized spacial score (nSPS) is 22.3. The number of amides is 1. The number of anilines is 1. The molecule has 172 valence electrons. The molecule has 34 heavy (non-hydrogen) atoms. The minimum absolute atomic E-state index is 0.0585. The van der Waals surface area contributed by atoms with Crippen LogP contribution >= 0.6 is 0 Å². The van der Waals surface area contributed by atoms with E-state index in [1.54, 1.807) is 12.1 Å². The molecule has 1 saturated heterocycles. The Bertz CT molecular complexity index is 1330. The first-order chi connectivity index (χ1) is 16.6. The fourth-order valence-corrected chi connectivity index (χ4v) is 5.29. The lowest BCUT2D eigenvalue weighted by molar-refractivity contribution is -0.123. The molecule has 5 nitrogen and oxygen atoms in total. The molecule has 6 heteroatoms. The average molecular weight is 455 g/mol. The monoisotopic (exact) mass is 454 g/mol. The van der Waals surface area contributed by atoms with Crippen LogP contribution in [0.15, 0.2) is 79.0 Å². The van der Waals surface area contributed by atoms with Crippen molar-refractivity contribution >= 4 is 22.5 Å². The van der Waals surface area contributed by atoms with Crippen molar-refractivity contribution in [1.82, 2.24) is 15.1 Å². The van der Waals surface area contributed by atoms with Crippen LogP contribution in [0.1, 0.15) is 37.8 Å². The van der Waals surface area contributed by atoms with Crippen molar-refractivity contribution in [3.8, 4) is 5.69 Å². The van der Waals surface area contributed by atoms with Crippen molar-refractivity contribution in [2.75, 3.05) is 4.90 Å². The van der Waals surface area contributed by atoms with Crippen LogP contribution in [-0.2, 0) is 4.79 Å². The summed E-state index contributed by atoms with van der Waals surface area (Å²) >= 11 is 0. The Morgan fingerprint density at radius 1 is 1.00 bits per heavy atom. The maximum Gasteiger partial charge on any atom is 0.223 e. The zero-order valence-electron chi connectivity index (χ0n) is 19.1. The van der Waals surface area contributed by atoms with Gasteiger partial charge in [-0.15, -0.1) is 0 Å². The fourth-order valence-electron chi connectivity index (χ4n) is 5.29. The number of carbonyl (C=O) groups is 1. The Kier molecular flexibility index (Phi) is 5.09. The van der Waals surface area contributed by atoms with Crippen LogP contribution < -0.4 is 10.2 Å². The molecule has 1 aromatic heterocycles. The maximum absolute atomic E-state index is 13.4. The molecule has 0 spiro atoms. The predicted molar refractivity (Wildman–Crippen MR) is 131 cm³/mol. The molecule has 1 aliphatic carbocycles. The van der Waals surface area contributed by atoms with Crippen LogP contribution in [0.5, 0.6) is 0 Å². The third-order valence-electron chi connectivity index (χ3n) is 7.09. The molecule has 1 aliphatic heterocycles. The first-order valence-corrected chi connectivity index (χ1v) is 12.0. The van der Waals surface area contributed by atoms with Crippen molar-refractivity contribution in [3.63, 3.8) is 0 Å². The van der Waals surface area contributed by atoms with Crippen molar-refractivity contribution in [3.05, 3.63) is 90.4 Å². The van der Waals surface area contributed by atoms with Gasteiger partial charge in [0.25, 0.3) is 0 Å². The van der Waals surface area contributed by atoms with Gasteiger partial charge in [-0.1, -0.05) is 30.3 Å². The van der Waals surface area contributed by atoms with Gasteiger partial charge in [0.2, 0.25) is 5.91 Å². The number of halogens is 1. The molecule has 2 fully saturated rings. The molecule has 4 aromatic rings. The maximum atomic E-state index is 13.4. The van der Waals surface area contributed by atoms with Crippen LogP contribution in [0, 0.1) is 11.7 Å². The summed E-state index contributed by atoms with van der Waals surface area (Å²) in [5.41, 5.74) is 4.10. The Morgan fingerprint density at radius 3 is 2.47 bits per heavy atom. The molecule has 6 rings (SSSR count). The number of rotatable bonds is 5. The number of aromatic nitrogens is 2. The van der Waals surface area contributed by atoms with Crippen molar-refractivity contribution < 1.29 is 9.18 Å². The van der Waals surface area contributed by atoms with Crippen LogP contribution in [0.4, 0.5) is 10.1 Å². The lowest BCUT2D eigenvalue weighted by atomic mass is 9.99. The molecule has 2 aliphatic rings. The predicted octanol–water partition coefficient (Wildman–Crippen LogP) is 5.40. The highest BCUT2D eigenvalue weighted by Gasteiger charge is 2.42. The number of hydrogen-bond acceptors (Lipinski definition) is 3. The zero-order chi connectivity index (χ0) is 23.2. The largest absolute Gasteiger partial charge is 0.360 e. The van der Waals surface area contributed by atoms with Crippen molar-refractivity contribution in [2.24, 2.45) is 5.92 Å². The summed E-state index contributed by atoms with van der Waals surface area (Å²) in [6.45, 7) is 2.23. The van der Waals surface area contributed by atoms with E-state index in [2.05, 4.69) is 64.7 Å². The van der Waals surface area contributed by atoms with Gasteiger partial charge in [0, 0.05) is 23.0 Å². The quantitative estimate of drug-likeness (QED) is 0.439. The van der Waals surface area contributed by atoms with E-state index < -0.39 is 0 Å². The van der Waals surface area contributed by atoms with Gasteiger partial charge in [0.15, 0.2) is 0 Å². The van der Waals surface area contributed by atoms with Crippen molar-refractivity contribution in [1.29, 1.82) is 0 Å². The van der Waals surface area contributed by atoms with Gasteiger partial charge in [-0.25, -0.2) is 9.07 Å². The molecule has 1 saturated carbocycles. The van der Waals surface area contributed by atoms with Crippen LogP contribution in [-0.4, -0.2) is 27.8 Å². The summed E-state index contributed by atoms with van der Waals surface area (Å²) < 4.78 is 15.2. The van der Waals surface area contributed by atoms with E-state index >= 15 is 0 Å². The van der Waals surface area contributed by atoms with Gasteiger partial charge in [0.1, 0.15) is 5.82 Å². The fraction of sp³-hybridized carbons (Fsp3) is 0.286. The molecule has 2 heterocycles. The van der Waals surface area contributed by atoms with E-state index in [1.165, 1.54) is 17.7 Å². The minimum atomic E-state index is -0.263. The number of nitrogens with zero attached hydrogens (tertiary/aromatic N) is 3. The van der Waals surface area contributed by atoms with Crippen LogP contribution in [0.2, 0.25) is 0 Å². The topological polar surface area (TPSA) is 50.2 Å². The number of benzene rings is 3. The number of carbonyl (C=O) groups excluding carboxylic acids is 1. The molecule has 3 aromatic carbocycles. The van der Waals surface area contributed by atoms with E-state index in [4.69, 9.17) is 0 Å². The molecular weight excluding hydrogens is 427 g/mol. The van der Waals surface area contributed by atoms with E-state index in [1.807, 2.05) is 16.9 Å². The molecule has 0 radical (unpaired) electrons. The van der Waals surface area contributed by atoms with Gasteiger partial charge in [-0.3, -0.25) is 4.79 Å². The first-order valence-electron chi connectivity index (χ1n) is 12.0. The third kappa shape index (κ3) is 3.73. The van der Waals surface area contributed by atoms with Gasteiger partial charge >= 0.3 is 0 Å². The highest BCUT2D eigenvalue weighted by atomic mass is 19.1. The molecule has 1 amide bonds. The summed E-state index contributed by atoms with van der Waals surface area (Å²) in [5, 5.41) is 8.94. The smallest absolute Gasteiger partial charge is 0.223 e. The van der Waals surface area contributed by atoms with E-state index in [-0.39, 0.29) is 35.8 Å². The molecule has 1 N–H and O–H groups in total. The van der Waals surface area contributed by atoms with Crippen LogP contribution in [0.25, 0.3) is 16.6 Å². The summed E-state index contributed by atoms with van der Waals surface area (Å²) in [5.74, 6) is 0.117. The number of hydrogen-bond donors (Lipinski definition) is 1. The summed E-state index contributed by atoms with van der Waals surface area (Å²) in [6.07, 6.45) is 4.75. The summed E-state index contributed by atoms with van der Waals surface area (Å²) in [4.78, 5) is 15.1. The number of nitrogens with one attached hydrogen (secondary N) is 1. The highest BCUT2D eigenvalue weighted by Crippen LogP contribution is 2.42. The van der Waals surface area contributed by atoms with Gasteiger partial charge < -0.3 is 10.2 Å². The lowest BCUT2D eigenvalue weighted by Gasteiger charge is -2.33. The molecular formula is C28H27FN4O. The second kappa shape index (κ2) is 8.28. The van der Waals surface area contributed by atoms with E-state index in [0.717, 1.165) is 41.5 Å². The Morgan fingerprint density at radius 2 is 1.74 bits per heavy atom. The number of fused-ring (bicyclic) bond motifs is 1. The third-order valence-corrected chi connectivity index (χ3v) is 7.09. The minimum Gasteiger partial charge on any atom is -0.360 e. The Balaban J connectivity index is 1.37. The molecule has 0 bridgehead atoms. The Labute approximate surface area is 198 Å². The summed E-state index contributed by atoms with van der Waals surface area (Å²) in [6, 6.07) is 23.6. The lowest BCUT2D eigenvalue weighted by Crippen LogP contribution is -2.40.